The number of benzene rings is 1. The topological polar surface area (TPSA) is 34.1 Å². The number of nitrogens with one attached hydrogen (secondary N) is 1. The summed E-state index contributed by atoms with van der Waals surface area (Å²) in [5.74, 6) is 1.05. The molecule has 3 rings (SSSR count). The minimum absolute atomic E-state index is 0.0867. The molecule has 0 saturated heterocycles. The second-order valence-corrected chi connectivity index (χ2v) is 5.64. The first-order valence-electron chi connectivity index (χ1n) is 7.61. The van der Waals surface area contributed by atoms with Crippen molar-refractivity contribution in [1.82, 2.24) is 10.3 Å². The van der Waals surface area contributed by atoms with Crippen LogP contribution in [0.3, 0.4) is 0 Å². The van der Waals surface area contributed by atoms with Crippen LogP contribution in [0.4, 0.5) is 0 Å². The summed E-state index contributed by atoms with van der Waals surface area (Å²) in [6.45, 7) is 8.01. The quantitative estimate of drug-likeness (QED) is 0.934. The van der Waals surface area contributed by atoms with E-state index in [1.165, 1.54) is 22.3 Å². The third kappa shape index (κ3) is 2.66. The highest BCUT2D eigenvalue weighted by Crippen LogP contribution is 2.36. The van der Waals surface area contributed by atoms with Gasteiger partial charge in [0.05, 0.1) is 18.3 Å². The van der Waals surface area contributed by atoms with Crippen LogP contribution in [0.15, 0.2) is 30.5 Å². The van der Waals surface area contributed by atoms with Gasteiger partial charge in [0.2, 0.25) is 0 Å². The Hall–Kier alpha value is -1.87. The first-order chi connectivity index (χ1) is 10.2. The van der Waals surface area contributed by atoms with Crippen molar-refractivity contribution in [3.8, 4) is 5.75 Å². The standard InChI is InChI=1S/C18H22N2O/c1-4-19-17(16-13(3)10-12(2)11-20-16)15-7-5-6-14-8-9-21-18(14)15/h5-7,10-11,17,19H,4,8-9H2,1-3H3. The molecule has 0 bridgehead atoms. The highest BCUT2D eigenvalue weighted by atomic mass is 16.5. The number of pyridine rings is 1. The molecule has 0 fully saturated rings. The Balaban J connectivity index is 2.08. The summed E-state index contributed by atoms with van der Waals surface area (Å²) in [6.07, 6.45) is 2.94. The van der Waals surface area contributed by atoms with Gasteiger partial charge < -0.3 is 10.1 Å². The first kappa shape index (κ1) is 14.1. The Labute approximate surface area is 126 Å². The number of fused-ring (bicyclic) bond motifs is 1. The van der Waals surface area contributed by atoms with Crippen LogP contribution in [0, 0.1) is 13.8 Å². The Bertz CT molecular complexity index is 652. The fourth-order valence-electron chi connectivity index (χ4n) is 3.05. The molecule has 1 aliphatic rings. The van der Waals surface area contributed by atoms with Gasteiger partial charge in [0.1, 0.15) is 5.75 Å². The SMILES string of the molecule is CCNC(c1cccc2c1OCC2)c1ncc(C)cc1C. The summed E-state index contributed by atoms with van der Waals surface area (Å²) in [4.78, 5) is 4.68. The molecule has 0 amide bonds. The molecular formula is C18H22N2O. The minimum Gasteiger partial charge on any atom is -0.493 e. The lowest BCUT2D eigenvalue weighted by Gasteiger charge is -2.22. The lowest BCUT2D eigenvalue weighted by Crippen LogP contribution is -2.24. The van der Waals surface area contributed by atoms with E-state index in [0.717, 1.165) is 31.0 Å². The zero-order valence-corrected chi connectivity index (χ0v) is 12.9. The Kier molecular flexibility index (Phi) is 3.93. The number of aryl methyl sites for hydroxylation is 2. The molecule has 3 heteroatoms. The van der Waals surface area contributed by atoms with E-state index in [9.17, 15) is 0 Å². The lowest BCUT2D eigenvalue weighted by molar-refractivity contribution is 0.350. The van der Waals surface area contributed by atoms with E-state index in [0.29, 0.717) is 0 Å². The van der Waals surface area contributed by atoms with Crippen LogP contribution in [0.2, 0.25) is 0 Å². The van der Waals surface area contributed by atoms with E-state index < -0.39 is 0 Å². The van der Waals surface area contributed by atoms with Crippen molar-refractivity contribution >= 4 is 0 Å². The molecule has 0 saturated carbocycles. The van der Waals surface area contributed by atoms with Crippen molar-refractivity contribution in [2.75, 3.05) is 13.2 Å². The number of para-hydroxylation sites is 1. The van der Waals surface area contributed by atoms with Crippen LogP contribution in [-0.4, -0.2) is 18.1 Å². The van der Waals surface area contributed by atoms with E-state index in [-0.39, 0.29) is 6.04 Å². The van der Waals surface area contributed by atoms with Gasteiger partial charge in [0, 0.05) is 18.2 Å². The summed E-state index contributed by atoms with van der Waals surface area (Å²) in [7, 11) is 0. The van der Waals surface area contributed by atoms with Crippen LogP contribution >= 0.6 is 0 Å². The maximum Gasteiger partial charge on any atom is 0.127 e. The van der Waals surface area contributed by atoms with Crippen LogP contribution in [0.1, 0.15) is 40.9 Å². The number of rotatable bonds is 4. The van der Waals surface area contributed by atoms with Crippen LogP contribution in [0.25, 0.3) is 0 Å². The zero-order chi connectivity index (χ0) is 14.8. The van der Waals surface area contributed by atoms with Crippen molar-refractivity contribution in [3.63, 3.8) is 0 Å². The maximum absolute atomic E-state index is 5.87. The molecule has 110 valence electrons. The van der Waals surface area contributed by atoms with Gasteiger partial charge in [-0.1, -0.05) is 31.2 Å². The molecule has 0 radical (unpaired) electrons. The van der Waals surface area contributed by atoms with E-state index in [4.69, 9.17) is 4.74 Å². The van der Waals surface area contributed by atoms with Gasteiger partial charge in [-0.2, -0.15) is 0 Å². The number of hydrogen-bond acceptors (Lipinski definition) is 3. The van der Waals surface area contributed by atoms with E-state index in [1.54, 1.807) is 0 Å². The summed E-state index contributed by atoms with van der Waals surface area (Å²) in [5.41, 5.74) is 6.01. The second-order valence-electron chi connectivity index (χ2n) is 5.64. The van der Waals surface area contributed by atoms with E-state index in [1.807, 2.05) is 6.20 Å². The van der Waals surface area contributed by atoms with Crippen molar-refractivity contribution in [2.45, 2.75) is 33.2 Å². The van der Waals surface area contributed by atoms with Gasteiger partial charge in [-0.15, -0.1) is 0 Å². The Morgan fingerprint density at radius 3 is 2.95 bits per heavy atom. The number of aromatic nitrogens is 1. The molecule has 1 aliphatic heterocycles. The molecule has 3 nitrogen and oxygen atoms in total. The molecule has 0 spiro atoms. The van der Waals surface area contributed by atoms with Gasteiger partial charge >= 0.3 is 0 Å². The van der Waals surface area contributed by atoms with Crippen LogP contribution in [-0.2, 0) is 6.42 Å². The average molecular weight is 282 g/mol. The number of nitrogens with zero attached hydrogens (tertiary/aromatic N) is 1. The Morgan fingerprint density at radius 2 is 2.19 bits per heavy atom. The normalized spacial score (nSPS) is 14.6. The predicted molar refractivity (Wildman–Crippen MR) is 84.9 cm³/mol. The number of hydrogen-bond donors (Lipinski definition) is 1. The van der Waals surface area contributed by atoms with Gasteiger partial charge in [-0.3, -0.25) is 4.98 Å². The third-order valence-electron chi connectivity index (χ3n) is 3.99. The fraction of sp³-hybridized carbons (Fsp3) is 0.389. The molecule has 0 aliphatic carbocycles. The third-order valence-corrected chi connectivity index (χ3v) is 3.99. The summed E-state index contributed by atoms with van der Waals surface area (Å²) < 4.78 is 5.87. The summed E-state index contributed by atoms with van der Waals surface area (Å²) >= 11 is 0. The molecule has 21 heavy (non-hydrogen) atoms. The Morgan fingerprint density at radius 1 is 1.33 bits per heavy atom. The van der Waals surface area contributed by atoms with Crippen LogP contribution < -0.4 is 10.1 Å². The molecule has 1 aromatic heterocycles. The molecule has 2 aromatic rings. The second kappa shape index (κ2) is 5.86. The molecule has 1 atom stereocenters. The summed E-state index contributed by atoms with van der Waals surface area (Å²) in [6, 6.07) is 8.71. The van der Waals surface area contributed by atoms with Gasteiger partial charge in [0.25, 0.3) is 0 Å². The molecule has 1 N–H and O–H groups in total. The number of ether oxygens (including phenoxy) is 1. The smallest absolute Gasteiger partial charge is 0.127 e. The monoisotopic (exact) mass is 282 g/mol. The minimum atomic E-state index is 0.0867. The van der Waals surface area contributed by atoms with E-state index in [2.05, 4.69) is 55.3 Å². The van der Waals surface area contributed by atoms with Crippen LogP contribution in [0.5, 0.6) is 5.75 Å². The predicted octanol–water partition coefficient (Wildman–Crippen LogP) is 3.33. The molecule has 1 aromatic carbocycles. The largest absolute Gasteiger partial charge is 0.493 e. The molecular weight excluding hydrogens is 260 g/mol. The fourth-order valence-corrected chi connectivity index (χ4v) is 3.05. The van der Waals surface area contributed by atoms with Crippen molar-refractivity contribution in [3.05, 3.63) is 58.4 Å². The zero-order valence-electron chi connectivity index (χ0n) is 12.9. The highest BCUT2D eigenvalue weighted by molar-refractivity contribution is 5.48. The van der Waals surface area contributed by atoms with Gasteiger partial charge in [0.15, 0.2) is 0 Å². The highest BCUT2D eigenvalue weighted by Gasteiger charge is 2.24. The summed E-state index contributed by atoms with van der Waals surface area (Å²) in [5, 5.41) is 3.56. The molecule has 1 unspecified atom stereocenters. The molecule has 2 heterocycles. The lowest BCUT2D eigenvalue weighted by atomic mass is 9.96. The van der Waals surface area contributed by atoms with Crippen molar-refractivity contribution in [2.24, 2.45) is 0 Å². The van der Waals surface area contributed by atoms with E-state index >= 15 is 0 Å². The average Bonchev–Trinajstić information content (AvgIpc) is 2.94. The van der Waals surface area contributed by atoms with Gasteiger partial charge in [-0.25, -0.2) is 0 Å². The maximum atomic E-state index is 5.87. The first-order valence-corrected chi connectivity index (χ1v) is 7.61. The van der Waals surface area contributed by atoms with Crippen molar-refractivity contribution in [1.29, 1.82) is 0 Å². The van der Waals surface area contributed by atoms with Crippen molar-refractivity contribution < 1.29 is 4.74 Å². The van der Waals surface area contributed by atoms with Gasteiger partial charge in [-0.05, 0) is 37.1 Å².